The Morgan fingerprint density at radius 3 is 1.73 bits per heavy atom. The molecule has 128 heavy (non-hydrogen) atoms. The van der Waals surface area contributed by atoms with E-state index in [1.807, 2.05) is 13.8 Å². The number of H-pyrrole nitrogens is 2. The molecule has 2 aliphatic rings. The van der Waals surface area contributed by atoms with Crippen molar-refractivity contribution < 1.29 is 86.6 Å². The number of hydrogen-bond donors (Lipinski definition) is 18. The number of fused-ring (bicyclic) bond motifs is 2. The fraction of sp³-hybridized carbons (Fsp3) is 0.593. The molecule has 14 unspecified atom stereocenters. The molecule has 0 radical (unpaired) electrons. The van der Waals surface area contributed by atoms with E-state index in [0.717, 1.165) is 26.5 Å². The third-order valence-corrected chi connectivity index (χ3v) is 23.6. The van der Waals surface area contributed by atoms with Crippen LogP contribution in [0.15, 0.2) is 73.3 Å². The molecule has 41 nitrogen and oxygen atoms in total. The van der Waals surface area contributed by atoms with Gasteiger partial charge < -0.3 is 115 Å². The van der Waals surface area contributed by atoms with Gasteiger partial charge in [-0.1, -0.05) is 123 Å². The molecule has 2 aliphatic heterocycles. The summed E-state index contributed by atoms with van der Waals surface area (Å²) in [6.45, 7) is 11.2. The Labute approximate surface area is 749 Å². The van der Waals surface area contributed by atoms with E-state index in [1.54, 1.807) is 95.4 Å². The van der Waals surface area contributed by atoms with Crippen molar-refractivity contribution in [1.82, 2.24) is 97.9 Å². The molecule has 2 fully saturated rings. The van der Waals surface area contributed by atoms with Crippen molar-refractivity contribution in [3.05, 3.63) is 90.1 Å². The van der Waals surface area contributed by atoms with Gasteiger partial charge in [-0.3, -0.25) is 86.9 Å². The fourth-order valence-electron chi connectivity index (χ4n) is 15.2. The molecule has 14 atom stereocenters. The zero-order chi connectivity index (χ0) is 94.8. The summed E-state index contributed by atoms with van der Waals surface area (Å²) in [7, 11) is 5.30. The summed E-state index contributed by atoms with van der Waals surface area (Å²) >= 11 is 0.982. The SMILES string of the molecule is CCCCC1C(=O)N(C)C(CCCC)C(=O)NC(CCCNC(=N)N)C(=O)NC(C(=O)NCC(N)=O)C(C)CSCC(=O)NC(Cc2ccccc2)C(=O)N(C)C(C)C(=O)NC(CC(N)=O)C(=O)N2CCCC2C(=O)NC(Cc2cnc[nH]2)C(=O)NC(CC(C)C)C(=O)N(C)CC(=O)NC(Cc2c[nH]c3ccccc23)C(=O)NC(CO)C(=O)NC(CC(C)C)C(=O)N1C. The first-order valence-electron chi connectivity index (χ1n) is 43.4. The number of para-hydroxylation sites is 1. The fourth-order valence-corrected chi connectivity index (χ4v) is 16.1. The van der Waals surface area contributed by atoms with Crippen LogP contribution in [-0.4, -0.2) is 302 Å². The van der Waals surface area contributed by atoms with E-state index in [0.29, 0.717) is 53.4 Å². The Bertz CT molecular complexity index is 4500. The molecule has 42 heteroatoms. The molecule has 2 saturated heterocycles. The van der Waals surface area contributed by atoms with Crippen LogP contribution in [0.5, 0.6) is 0 Å². The number of thioether (sulfide) groups is 1. The Kier molecular flexibility index (Phi) is 42.1. The van der Waals surface area contributed by atoms with Crippen LogP contribution in [0.4, 0.5) is 0 Å². The lowest BCUT2D eigenvalue weighted by atomic mass is 9.99. The molecule has 0 bridgehead atoms. The largest absolute Gasteiger partial charge is 0.394 e. The number of aliphatic hydroxyl groups is 1. The zero-order valence-electron chi connectivity index (χ0n) is 75.1. The van der Waals surface area contributed by atoms with Crippen molar-refractivity contribution >= 4 is 129 Å². The number of aromatic amines is 2. The van der Waals surface area contributed by atoms with E-state index in [4.69, 9.17) is 22.6 Å². The van der Waals surface area contributed by atoms with E-state index < -0.39 is 217 Å². The molecule has 0 saturated carbocycles. The molecule has 6 rings (SSSR count). The van der Waals surface area contributed by atoms with Crippen LogP contribution in [0.25, 0.3) is 10.9 Å². The van der Waals surface area contributed by atoms with Gasteiger partial charge in [0, 0.05) is 89.5 Å². The summed E-state index contributed by atoms with van der Waals surface area (Å²) in [6.07, 6.45) is 4.97. The number of carbonyl (C=O) groups excluding carboxylic acids is 17. The van der Waals surface area contributed by atoms with E-state index >= 15 is 14.4 Å². The summed E-state index contributed by atoms with van der Waals surface area (Å²) in [5.41, 5.74) is 18.9. The second-order valence-corrected chi connectivity index (χ2v) is 34.7. The molecule has 4 heterocycles. The van der Waals surface area contributed by atoms with Gasteiger partial charge in [-0.15, -0.1) is 0 Å². The number of primary amides is 2. The van der Waals surface area contributed by atoms with Gasteiger partial charge in [0.1, 0.15) is 78.5 Å². The molecule has 2 aromatic carbocycles. The predicted molar refractivity (Wildman–Crippen MR) is 476 cm³/mol. The predicted octanol–water partition coefficient (Wildman–Crippen LogP) is -2.18. The summed E-state index contributed by atoms with van der Waals surface area (Å²) in [5, 5.41) is 48.7. The highest BCUT2D eigenvalue weighted by atomic mass is 32.2. The van der Waals surface area contributed by atoms with Crippen LogP contribution in [0.2, 0.25) is 0 Å². The summed E-state index contributed by atoms with van der Waals surface area (Å²) in [6, 6.07) is -3.46. The van der Waals surface area contributed by atoms with Gasteiger partial charge in [-0.25, -0.2) is 4.98 Å². The number of guanidine groups is 1. The first-order chi connectivity index (χ1) is 60.7. The van der Waals surface area contributed by atoms with Crippen LogP contribution in [-0.2, 0) is 101 Å². The standard InChI is InChI=1S/C86H131N23O18S/c1-13-15-29-65-78(120)98-57(28-22-32-92-86(89)90)74(116)104-72(80(122)94-42-69(88)112)50(7)45-128-46-71(114)97-62(36-52-24-18-17-19-25-52)82(124)106(10)51(8)73(115)100-63(39-68(87)111)84(126)109-33-23-31-66(109)79(121)99-59(38-54-41-91-47-95-54)76(118)101-60(34-48(3)4)81(123)105(9)43-70(113)96-58(37-53-40-93-56-27-21-20-26-55(53)56)75(117)103-64(44-110)77(119)102-61(35-49(5)6)83(125)108(12)67(30-16-14-2)85(127)107(65)11/h17-21,24-27,40-41,47-51,57-67,72,93,110H,13-16,22-23,28-39,42-46H2,1-12H3,(H2,87,111)(H2,88,112)(H,91,95)(H,94,122)(H,96,113)(H,97,114)(H,98,120)(H,99,121)(H,100,115)(H,101,118)(H,102,119)(H,103,117)(H,104,116)(H4,89,90,92). The van der Waals surface area contributed by atoms with Gasteiger partial charge in [-0.05, 0) is 99.0 Å². The van der Waals surface area contributed by atoms with Crippen molar-refractivity contribution in [3.63, 3.8) is 0 Å². The minimum atomic E-state index is -1.79. The minimum absolute atomic E-state index is 0.0147. The zero-order valence-corrected chi connectivity index (χ0v) is 76.0. The van der Waals surface area contributed by atoms with Crippen LogP contribution in [0, 0.1) is 23.2 Å². The topological polar surface area (TPSA) is 605 Å². The van der Waals surface area contributed by atoms with Crippen molar-refractivity contribution in [3.8, 4) is 0 Å². The third kappa shape index (κ3) is 32.0. The minimum Gasteiger partial charge on any atom is -0.394 e. The number of rotatable bonds is 26. The van der Waals surface area contributed by atoms with Crippen LogP contribution >= 0.6 is 11.8 Å². The highest BCUT2D eigenvalue weighted by Gasteiger charge is 2.44. The summed E-state index contributed by atoms with van der Waals surface area (Å²) < 4.78 is 0. The number of benzene rings is 2. The molecular formula is C86H131N23O18S. The maximum absolute atomic E-state index is 15.4. The van der Waals surface area contributed by atoms with Crippen LogP contribution < -0.4 is 75.7 Å². The number of nitrogens with zero attached hydrogens (tertiary/aromatic N) is 6. The number of aliphatic hydroxyl groups excluding tert-OH is 1. The second-order valence-electron chi connectivity index (χ2n) is 33.6. The van der Waals surface area contributed by atoms with Crippen LogP contribution in [0.1, 0.15) is 156 Å². The van der Waals surface area contributed by atoms with Gasteiger partial charge >= 0.3 is 0 Å². The number of amides is 17. The molecular weight excluding hydrogens is 1680 g/mol. The number of unbranched alkanes of at least 4 members (excludes halogenated alkanes) is 2. The highest BCUT2D eigenvalue weighted by molar-refractivity contribution is 7.99. The first-order valence-corrected chi connectivity index (χ1v) is 44.6. The highest BCUT2D eigenvalue weighted by Crippen LogP contribution is 2.25. The lowest BCUT2D eigenvalue weighted by Gasteiger charge is -2.36. The smallest absolute Gasteiger partial charge is 0.246 e. The number of imidazole rings is 1. The number of likely N-dealkylation sites (N-methyl/N-ethyl adjacent to an activating group) is 4. The lowest BCUT2D eigenvalue weighted by molar-refractivity contribution is -0.149. The van der Waals surface area contributed by atoms with E-state index in [2.05, 4.69) is 73.4 Å². The average molecular weight is 1810 g/mol. The molecule has 21 N–H and O–H groups in total. The molecule has 704 valence electrons. The maximum Gasteiger partial charge on any atom is 0.246 e. The Morgan fingerprint density at radius 1 is 0.562 bits per heavy atom. The van der Waals surface area contributed by atoms with E-state index in [-0.39, 0.29) is 107 Å². The third-order valence-electron chi connectivity index (χ3n) is 22.4. The number of nitrogens with two attached hydrogens (primary N) is 3. The van der Waals surface area contributed by atoms with Crippen LogP contribution in [0.3, 0.4) is 0 Å². The number of carbonyl (C=O) groups is 17. The maximum atomic E-state index is 15.4. The summed E-state index contributed by atoms with van der Waals surface area (Å²) in [4.78, 5) is 262. The number of hydrogen-bond acceptors (Lipinski definition) is 21. The van der Waals surface area contributed by atoms with Gasteiger partial charge in [0.2, 0.25) is 100 Å². The van der Waals surface area contributed by atoms with Gasteiger partial charge in [0.05, 0.1) is 38.2 Å². The molecule has 2 aromatic heterocycles. The van der Waals surface area contributed by atoms with Gasteiger partial charge in [0.15, 0.2) is 5.96 Å². The van der Waals surface area contributed by atoms with Crippen molar-refractivity contribution in [2.45, 2.75) is 237 Å². The summed E-state index contributed by atoms with van der Waals surface area (Å²) in [5.74, 6) is -17.3. The van der Waals surface area contributed by atoms with Gasteiger partial charge in [-0.2, -0.15) is 11.8 Å². The van der Waals surface area contributed by atoms with Gasteiger partial charge in [0.25, 0.3) is 0 Å². The first kappa shape index (κ1) is 105. The Morgan fingerprint density at radius 2 is 1.12 bits per heavy atom. The molecule has 0 aliphatic carbocycles. The van der Waals surface area contributed by atoms with Crippen molar-refractivity contribution in [2.24, 2.45) is 35.0 Å². The number of nitrogens with one attached hydrogen (secondary N) is 14. The molecule has 4 aromatic rings. The number of aromatic nitrogens is 3. The molecule has 17 amide bonds. The van der Waals surface area contributed by atoms with E-state index in [9.17, 15) is 72.2 Å². The average Bonchev–Trinajstić information content (AvgIpc) is 1.18. The molecule has 0 spiro atoms. The second kappa shape index (κ2) is 51.5. The van der Waals surface area contributed by atoms with Crippen molar-refractivity contribution in [1.29, 1.82) is 5.41 Å². The lowest BCUT2D eigenvalue weighted by Crippen LogP contribution is -2.61. The monoisotopic (exact) mass is 1810 g/mol. The Balaban J connectivity index is 1.42. The van der Waals surface area contributed by atoms with E-state index in [1.165, 1.54) is 57.4 Å². The Hall–Kier alpha value is -12.2. The quantitative estimate of drug-likeness (QED) is 0.0181. The van der Waals surface area contributed by atoms with Crippen molar-refractivity contribution in [2.75, 3.05) is 72.5 Å². The normalized spacial score (nSPS) is 24.6.